The van der Waals surface area contributed by atoms with E-state index in [1.807, 2.05) is 32.0 Å². The molecule has 2 aromatic carbocycles. The van der Waals surface area contributed by atoms with Crippen LogP contribution in [0.5, 0.6) is 5.75 Å². The summed E-state index contributed by atoms with van der Waals surface area (Å²) in [5.74, 6) is -0.0138. The molecule has 0 aliphatic heterocycles. The summed E-state index contributed by atoms with van der Waals surface area (Å²) in [6, 6.07) is 11.9. The fourth-order valence-electron chi connectivity index (χ4n) is 2.26. The molecular formula is C17H20N2O2. The van der Waals surface area contributed by atoms with E-state index in [0.717, 1.165) is 22.4 Å². The molecular weight excluding hydrogens is 264 g/mol. The quantitative estimate of drug-likeness (QED) is 0.807. The highest BCUT2D eigenvalue weighted by atomic mass is 16.3. The normalized spacial score (nSPS) is 12.0. The molecule has 21 heavy (non-hydrogen) atoms. The van der Waals surface area contributed by atoms with Gasteiger partial charge in [-0.2, -0.15) is 0 Å². The summed E-state index contributed by atoms with van der Waals surface area (Å²) in [5.41, 5.74) is 9.80. The molecule has 0 aromatic heterocycles. The van der Waals surface area contributed by atoms with E-state index in [9.17, 15) is 9.90 Å². The molecule has 110 valence electrons. The van der Waals surface area contributed by atoms with Crippen LogP contribution in [0.4, 0.5) is 5.69 Å². The van der Waals surface area contributed by atoms with E-state index in [1.54, 1.807) is 24.3 Å². The first-order valence-electron chi connectivity index (χ1n) is 6.86. The highest BCUT2D eigenvalue weighted by Gasteiger charge is 2.14. The zero-order chi connectivity index (χ0) is 15.4. The smallest absolute Gasteiger partial charge is 0.241 e. The number of hydrogen-bond acceptors (Lipinski definition) is 3. The second-order valence-electron chi connectivity index (χ2n) is 5.34. The fraction of sp³-hybridized carbons (Fsp3) is 0.235. The molecule has 4 nitrogen and oxygen atoms in total. The Morgan fingerprint density at radius 1 is 1.14 bits per heavy atom. The van der Waals surface area contributed by atoms with E-state index >= 15 is 0 Å². The Kier molecular flexibility index (Phi) is 4.60. The first-order valence-corrected chi connectivity index (χ1v) is 6.86. The summed E-state index contributed by atoms with van der Waals surface area (Å²) in [7, 11) is 0. The molecule has 0 aliphatic rings. The molecule has 0 bridgehead atoms. The summed E-state index contributed by atoms with van der Waals surface area (Å²) < 4.78 is 0. The number of benzene rings is 2. The summed E-state index contributed by atoms with van der Waals surface area (Å²) in [5, 5.41) is 12.1. The monoisotopic (exact) mass is 284 g/mol. The van der Waals surface area contributed by atoms with Crippen LogP contribution in [0.1, 0.15) is 16.7 Å². The molecule has 0 spiro atoms. The molecule has 1 amide bonds. The third-order valence-electron chi connectivity index (χ3n) is 3.22. The van der Waals surface area contributed by atoms with Crippen LogP contribution in [0.25, 0.3) is 0 Å². The van der Waals surface area contributed by atoms with Crippen molar-refractivity contribution in [2.45, 2.75) is 26.3 Å². The Hall–Kier alpha value is -2.33. The van der Waals surface area contributed by atoms with Crippen molar-refractivity contribution >= 4 is 11.6 Å². The van der Waals surface area contributed by atoms with E-state index in [0.29, 0.717) is 6.42 Å². The Morgan fingerprint density at radius 2 is 1.71 bits per heavy atom. The molecule has 4 heteroatoms. The molecule has 2 rings (SSSR count). The minimum absolute atomic E-state index is 0.201. The number of nitrogens with one attached hydrogen (secondary N) is 1. The van der Waals surface area contributed by atoms with E-state index in [4.69, 9.17) is 5.73 Å². The highest BCUT2D eigenvalue weighted by molar-refractivity contribution is 5.95. The molecule has 2 aromatic rings. The van der Waals surface area contributed by atoms with Gasteiger partial charge in [-0.25, -0.2) is 0 Å². The van der Waals surface area contributed by atoms with Crippen LogP contribution in [0.3, 0.4) is 0 Å². The van der Waals surface area contributed by atoms with Crippen molar-refractivity contribution in [1.29, 1.82) is 0 Å². The van der Waals surface area contributed by atoms with Gasteiger partial charge in [0, 0.05) is 5.69 Å². The lowest BCUT2D eigenvalue weighted by Gasteiger charge is -2.13. The van der Waals surface area contributed by atoms with Gasteiger partial charge in [-0.05, 0) is 61.2 Å². The Labute approximate surface area is 124 Å². The molecule has 0 unspecified atom stereocenters. The minimum Gasteiger partial charge on any atom is -0.508 e. The number of carbonyl (C=O) groups is 1. The van der Waals surface area contributed by atoms with Crippen molar-refractivity contribution in [3.63, 3.8) is 0 Å². The van der Waals surface area contributed by atoms with Gasteiger partial charge in [0.25, 0.3) is 0 Å². The van der Waals surface area contributed by atoms with Crippen molar-refractivity contribution in [3.05, 3.63) is 59.2 Å². The molecule has 1 atom stereocenters. The van der Waals surface area contributed by atoms with Crippen molar-refractivity contribution in [2.24, 2.45) is 5.73 Å². The lowest BCUT2D eigenvalue weighted by atomic mass is 10.1. The van der Waals surface area contributed by atoms with Gasteiger partial charge in [0.15, 0.2) is 0 Å². The molecule has 0 saturated carbocycles. The van der Waals surface area contributed by atoms with Crippen LogP contribution in [-0.2, 0) is 11.2 Å². The lowest BCUT2D eigenvalue weighted by molar-refractivity contribution is -0.117. The first kappa shape index (κ1) is 15.1. The highest BCUT2D eigenvalue weighted by Crippen LogP contribution is 2.15. The van der Waals surface area contributed by atoms with Crippen molar-refractivity contribution < 1.29 is 9.90 Å². The Morgan fingerprint density at radius 3 is 2.29 bits per heavy atom. The third-order valence-corrected chi connectivity index (χ3v) is 3.22. The van der Waals surface area contributed by atoms with E-state index in [2.05, 4.69) is 5.32 Å². The van der Waals surface area contributed by atoms with Gasteiger partial charge in [-0.3, -0.25) is 4.79 Å². The maximum atomic E-state index is 12.1. The number of phenolic OH excluding ortho intramolecular Hbond substituents is 1. The van der Waals surface area contributed by atoms with Crippen molar-refractivity contribution in [1.82, 2.24) is 0 Å². The van der Waals surface area contributed by atoms with Crippen LogP contribution in [0.2, 0.25) is 0 Å². The molecule has 0 radical (unpaired) electrons. The van der Waals surface area contributed by atoms with E-state index in [1.165, 1.54) is 0 Å². The maximum absolute atomic E-state index is 12.1. The SMILES string of the molecule is Cc1cc(C)cc(NC(=O)[C@@H](N)Cc2ccc(O)cc2)c1. The molecule has 0 fully saturated rings. The second-order valence-corrected chi connectivity index (χ2v) is 5.34. The van der Waals surface area contributed by atoms with Gasteiger partial charge in [0.2, 0.25) is 5.91 Å². The van der Waals surface area contributed by atoms with Gasteiger partial charge >= 0.3 is 0 Å². The van der Waals surface area contributed by atoms with E-state index in [-0.39, 0.29) is 11.7 Å². The average molecular weight is 284 g/mol. The topological polar surface area (TPSA) is 75.4 Å². The standard InChI is InChI=1S/C17H20N2O2/c1-11-7-12(2)9-14(8-11)19-17(21)16(18)10-13-3-5-15(20)6-4-13/h3-9,16,20H,10,18H2,1-2H3,(H,19,21)/t16-/m0/s1. The zero-order valence-electron chi connectivity index (χ0n) is 12.3. The lowest BCUT2D eigenvalue weighted by Crippen LogP contribution is -2.37. The number of aromatic hydroxyl groups is 1. The fourth-order valence-corrected chi connectivity index (χ4v) is 2.26. The van der Waals surface area contributed by atoms with Crippen molar-refractivity contribution in [2.75, 3.05) is 5.32 Å². The predicted molar refractivity (Wildman–Crippen MR) is 84.3 cm³/mol. The van der Waals surface area contributed by atoms with Gasteiger partial charge in [0.05, 0.1) is 6.04 Å². The zero-order valence-corrected chi connectivity index (χ0v) is 12.3. The number of carbonyl (C=O) groups excluding carboxylic acids is 1. The first-order chi connectivity index (χ1) is 9.94. The number of hydrogen-bond donors (Lipinski definition) is 3. The number of nitrogens with two attached hydrogens (primary N) is 1. The van der Waals surface area contributed by atoms with Crippen LogP contribution in [0.15, 0.2) is 42.5 Å². The summed E-state index contributed by atoms with van der Waals surface area (Å²) in [6.45, 7) is 3.97. The van der Waals surface area contributed by atoms with Crippen LogP contribution >= 0.6 is 0 Å². The summed E-state index contributed by atoms with van der Waals surface area (Å²) in [6.07, 6.45) is 0.427. The molecule has 0 saturated heterocycles. The minimum atomic E-state index is -0.629. The van der Waals surface area contributed by atoms with Gasteiger partial charge in [0.1, 0.15) is 5.75 Å². The summed E-state index contributed by atoms with van der Waals surface area (Å²) in [4.78, 5) is 12.1. The van der Waals surface area contributed by atoms with E-state index < -0.39 is 6.04 Å². The summed E-state index contributed by atoms with van der Waals surface area (Å²) >= 11 is 0. The number of aryl methyl sites for hydroxylation is 2. The second kappa shape index (κ2) is 6.41. The molecule has 4 N–H and O–H groups in total. The van der Waals surface area contributed by atoms with Crippen LogP contribution in [-0.4, -0.2) is 17.1 Å². The Bertz CT molecular complexity index is 615. The third kappa shape index (κ3) is 4.33. The number of amides is 1. The molecule has 0 aliphatic carbocycles. The Balaban J connectivity index is 2.00. The maximum Gasteiger partial charge on any atom is 0.241 e. The number of rotatable bonds is 4. The molecule has 0 heterocycles. The van der Waals surface area contributed by atoms with Gasteiger partial charge in [-0.15, -0.1) is 0 Å². The number of anilines is 1. The van der Waals surface area contributed by atoms with Gasteiger partial charge < -0.3 is 16.2 Å². The predicted octanol–water partition coefficient (Wildman–Crippen LogP) is 2.52. The number of phenols is 1. The van der Waals surface area contributed by atoms with Gasteiger partial charge in [-0.1, -0.05) is 18.2 Å². The van der Waals surface area contributed by atoms with Crippen LogP contribution in [0, 0.1) is 13.8 Å². The average Bonchev–Trinajstić information content (AvgIpc) is 2.40. The van der Waals surface area contributed by atoms with Crippen LogP contribution < -0.4 is 11.1 Å². The van der Waals surface area contributed by atoms with Crippen molar-refractivity contribution in [3.8, 4) is 5.75 Å². The largest absolute Gasteiger partial charge is 0.508 e.